The van der Waals surface area contributed by atoms with Gasteiger partial charge >= 0.3 is 0 Å². The Bertz CT molecular complexity index is 773. The van der Waals surface area contributed by atoms with Gasteiger partial charge in [-0.05, 0) is 12.1 Å². The van der Waals surface area contributed by atoms with Gasteiger partial charge in [0.1, 0.15) is 5.82 Å². The van der Waals surface area contributed by atoms with E-state index in [1.165, 1.54) is 0 Å². The number of halogens is 2. The normalized spacial score (nSPS) is 10.8. The third kappa shape index (κ3) is 2.30. The highest BCUT2D eigenvalue weighted by Gasteiger charge is 2.12. The van der Waals surface area contributed by atoms with Gasteiger partial charge in [-0.2, -0.15) is 0 Å². The third-order valence-corrected chi connectivity index (χ3v) is 3.49. The van der Waals surface area contributed by atoms with Crippen LogP contribution in [0.15, 0.2) is 42.5 Å². The molecule has 0 amide bonds. The molecule has 3 rings (SSSR count). The number of benzene rings is 2. The zero-order chi connectivity index (χ0) is 14.1. The van der Waals surface area contributed by atoms with Crippen molar-refractivity contribution in [2.75, 3.05) is 12.4 Å². The molecule has 100 valence electrons. The van der Waals surface area contributed by atoms with E-state index in [4.69, 9.17) is 23.2 Å². The average Bonchev–Trinajstić information content (AvgIpc) is 2.47. The first-order valence-corrected chi connectivity index (χ1v) is 6.84. The van der Waals surface area contributed by atoms with Gasteiger partial charge in [0.2, 0.25) is 0 Å². The molecule has 0 spiro atoms. The molecule has 0 bridgehead atoms. The summed E-state index contributed by atoms with van der Waals surface area (Å²) < 4.78 is 0. The lowest BCUT2D eigenvalue weighted by Crippen LogP contribution is -1.99. The van der Waals surface area contributed by atoms with E-state index >= 15 is 0 Å². The van der Waals surface area contributed by atoms with Gasteiger partial charge < -0.3 is 5.32 Å². The van der Waals surface area contributed by atoms with Gasteiger partial charge in [0.25, 0.3) is 0 Å². The summed E-state index contributed by atoms with van der Waals surface area (Å²) in [5, 5.41) is 4.96. The molecule has 0 unspecified atom stereocenters. The average molecular weight is 304 g/mol. The van der Waals surface area contributed by atoms with Crippen molar-refractivity contribution in [3.05, 3.63) is 52.5 Å². The molecule has 3 aromatic rings. The van der Waals surface area contributed by atoms with E-state index in [1.807, 2.05) is 43.4 Å². The Morgan fingerprint density at radius 1 is 1.00 bits per heavy atom. The van der Waals surface area contributed by atoms with Crippen molar-refractivity contribution < 1.29 is 0 Å². The number of fused-ring (bicyclic) bond motifs is 1. The minimum atomic E-state index is 0.517. The summed E-state index contributed by atoms with van der Waals surface area (Å²) in [6, 6.07) is 13.3. The van der Waals surface area contributed by atoms with Crippen molar-refractivity contribution in [2.45, 2.75) is 0 Å². The molecule has 1 aromatic heterocycles. The van der Waals surface area contributed by atoms with E-state index in [0.29, 0.717) is 27.2 Å². The smallest absolute Gasteiger partial charge is 0.162 e. The lowest BCUT2D eigenvalue weighted by molar-refractivity contribution is 1.21. The first kappa shape index (κ1) is 13.2. The summed E-state index contributed by atoms with van der Waals surface area (Å²) in [5.41, 5.74) is 1.63. The maximum absolute atomic E-state index is 6.25. The zero-order valence-electron chi connectivity index (χ0n) is 10.7. The Morgan fingerprint density at radius 2 is 1.75 bits per heavy atom. The van der Waals surface area contributed by atoms with Crippen molar-refractivity contribution in [3.63, 3.8) is 0 Å². The maximum Gasteiger partial charge on any atom is 0.162 e. The lowest BCUT2D eigenvalue weighted by atomic mass is 10.2. The second-order valence-corrected chi connectivity index (χ2v) is 5.14. The lowest BCUT2D eigenvalue weighted by Gasteiger charge is -2.09. The van der Waals surface area contributed by atoms with Crippen LogP contribution in [0.25, 0.3) is 22.3 Å². The minimum Gasteiger partial charge on any atom is -0.373 e. The van der Waals surface area contributed by atoms with Gasteiger partial charge in [-0.25, -0.2) is 9.97 Å². The quantitative estimate of drug-likeness (QED) is 0.749. The highest BCUT2D eigenvalue weighted by atomic mass is 35.5. The molecule has 2 aromatic carbocycles. The molecule has 5 heteroatoms. The maximum atomic E-state index is 6.25. The van der Waals surface area contributed by atoms with Crippen LogP contribution in [0, 0.1) is 0 Å². The first-order chi connectivity index (χ1) is 9.69. The summed E-state index contributed by atoms with van der Waals surface area (Å²) >= 11 is 12.3. The number of hydrogen-bond donors (Lipinski definition) is 1. The standard InChI is InChI=1S/C15H11Cl2N3/c1-18-15-11-7-10(16)8-12(17)13(11)19-14(20-15)9-5-3-2-4-6-9/h2-8H,1H3,(H,18,19,20). The van der Waals surface area contributed by atoms with E-state index in [9.17, 15) is 0 Å². The van der Waals surface area contributed by atoms with E-state index in [0.717, 1.165) is 10.9 Å². The molecule has 1 heterocycles. The predicted octanol–water partition coefficient (Wildman–Crippen LogP) is 4.65. The van der Waals surface area contributed by atoms with E-state index in [-0.39, 0.29) is 0 Å². The molecule has 0 aliphatic carbocycles. The van der Waals surface area contributed by atoms with Crippen LogP contribution in [0.1, 0.15) is 0 Å². The number of hydrogen-bond acceptors (Lipinski definition) is 3. The van der Waals surface area contributed by atoms with Gasteiger partial charge in [0.05, 0.1) is 10.5 Å². The van der Waals surface area contributed by atoms with Gasteiger partial charge in [0, 0.05) is 23.0 Å². The van der Waals surface area contributed by atoms with Crippen LogP contribution in [0.4, 0.5) is 5.82 Å². The van der Waals surface area contributed by atoms with E-state index in [1.54, 1.807) is 6.07 Å². The minimum absolute atomic E-state index is 0.517. The summed E-state index contributed by atoms with van der Waals surface area (Å²) in [7, 11) is 1.81. The second kappa shape index (κ2) is 5.27. The molecule has 3 nitrogen and oxygen atoms in total. The molecule has 0 aliphatic rings. The molecule has 0 fully saturated rings. The molecule has 20 heavy (non-hydrogen) atoms. The van der Waals surface area contributed by atoms with Crippen LogP contribution in [0.3, 0.4) is 0 Å². The summed E-state index contributed by atoms with van der Waals surface area (Å²) in [5.74, 6) is 1.34. The Morgan fingerprint density at radius 3 is 2.45 bits per heavy atom. The molecule has 0 saturated heterocycles. The fourth-order valence-electron chi connectivity index (χ4n) is 2.06. The summed E-state index contributed by atoms with van der Waals surface area (Å²) in [6.45, 7) is 0. The number of nitrogens with zero attached hydrogens (tertiary/aromatic N) is 2. The van der Waals surface area contributed by atoms with Gasteiger partial charge in [-0.3, -0.25) is 0 Å². The molecule has 0 aliphatic heterocycles. The van der Waals surface area contributed by atoms with Crippen molar-refractivity contribution in [3.8, 4) is 11.4 Å². The molecular formula is C15H11Cl2N3. The Kier molecular flexibility index (Phi) is 3.47. The van der Waals surface area contributed by atoms with Crippen molar-refractivity contribution in [1.82, 2.24) is 9.97 Å². The van der Waals surface area contributed by atoms with E-state index < -0.39 is 0 Å². The second-order valence-electron chi connectivity index (χ2n) is 4.30. The van der Waals surface area contributed by atoms with Crippen LogP contribution >= 0.6 is 23.2 Å². The van der Waals surface area contributed by atoms with Crippen LogP contribution in [-0.4, -0.2) is 17.0 Å². The van der Waals surface area contributed by atoms with Gasteiger partial charge in [-0.1, -0.05) is 53.5 Å². The zero-order valence-corrected chi connectivity index (χ0v) is 12.2. The summed E-state index contributed by atoms with van der Waals surface area (Å²) in [4.78, 5) is 9.09. The fourth-order valence-corrected chi connectivity index (χ4v) is 2.60. The van der Waals surface area contributed by atoms with Crippen LogP contribution in [-0.2, 0) is 0 Å². The molecule has 1 N–H and O–H groups in total. The Balaban J connectivity index is 2.32. The van der Waals surface area contributed by atoms with Crippen LogP contribution in [0.2, 0.25) is 10.0 Å². The van der Waals surface area contributed by atoms with Crippen molar-refractivity contribution in [1.29, 1.82) is 0 Å². The number of anilines is 1. The van der Waals surface area contributed by atoms with Crippen LogP contribution in [0.5, 0.6) is 0 Å². The topological polar surface area (TPSA) is 37.8 Å². The largest absolute Gasteiger partial charge is 0.373 e. The predicted molar refractivity (Wildman–Crippen MR) is 84.5 cm³/mol. The fraction of sp³-hybridized carbons (Fsp3) is 0.0667. The van der Waals surface area contributed by atoms with Gasteiger partial charge in [0.15, 0.2) is 5.82 Å². The Hall–Kier alpha value is -1.84. The summed E-state index contributed by atoms with van der Waals surface area (Å²) in [6.07, 6.45) is 0. The monoisotopic (exact) mass is 303 g/mol. The highest BCUT2D eigenvalue weighted by molar-refractivity contribution is 6.38. The Labute approximate surface area is 126 Å². The first-order valence-electron chi connectivity index (χ1n) is 6.09. The molecular weight excluding hydrogens is 293 g/mol. The van der Waals surface area contributed by atoms with Crippen molar-refractivity contribution in [2.24, 2.45) is 0 Å². The van der Waals surface area contributed by atoms with Crippen LogP contribution < -0.4 is 5.32 Å². The third-order valence-electron chi connectivity index (χ3n) is 2.99. The van der Waals surface area contributed by atoms with Gasteiger partial charge in [-0.15, -0.1) is 0 Å². The number of aromatic nitrogens is 2. The van der Waals surface area contributed by atoms with E-state index in [2.05, 4.69) is 15.3 Å². The highest BCUT2D eigenvalue weighted by Crippen LogP contribution is 2.32. The number of rotatable bonds is 2. The molecule has 0 saturated carbocycles. The SMILES string of the molecule is CNc1nc(-c2ccccc2)nc2c(Cl)cc(Cl)cc12. The molecule has 0 atom stereocenters. The number of nitrogens with one attached hydrogen (secondary N) is 1. The molecule has 0 radical (unpaired) electrons. The van der Waals surface area contributed by atoms with Crippen molar-refractivity contribution >= 4 is 39.9 Å².